The summed E-state index contributed by atoms with van der Waals surface area (Å²) in [6, 6.07) is 0. The second-order valence-electron chi connectivity index (χ2n) is 7.19. The van der Waals surface area contributed by atoms with E-state index in [9.17, 15) is 4.79 Å². The van der Waals surface area contributed by atoms with Crippen LogP contribution in [0.1, 0.15) is 59.8 Å². The SMILES string of the molecule is CC(C)=CC[C@H](C)[C@@H]1C[C@@]1(C)COC(=O)C1CCC1. The first-order chi connectivity index (χ1) is 8.92. The van der Waals surface area contributed by atoms with E-state index in [0.29, 0.717) is 12.5 Å². The maximum Gasteiger partial charge on any atom is 0.308 e. The van der Waals surface area contributed by atoms with Crippen LogP contribution in [-0.2, 0) is 9.53 Å². The quantitative estimate of drug-likeness (QED) is 0.526. The predicted octanol–water partition coefficient (Wildman–Crippen LogP) is 4.35. The van der Waals surface area contributed by atoms with Gasteiger partial charge in [-0.05, 0) is 51.4 Å². The first kappa shape index (κ1) is 14.6. The van der Waals surface area contributed by atoms with E-state index >= 15 is 0 Å². The molecule has 0 heterocycles. The van der Waals surface area contributed by atoms with Gasteiger partial charge in [-0.25, -0.2) is 0 Å². The van der Waals surface area contributed by atoms with Gasteiger partial charge in [-0.1, -0.05) is 31.9 Å². The molecule has 108 valence electrons. The van der Waals surface area contributed by atoms with Gasteiger partial charge in [0.15, 0.2) is 0 Å². The summed E-state index contributed by atoms with van der Waals surface area (Å²) in [7, 11) is 0. The number of hydrogen-bond donors (Lipinski definition) is 0. The van der Waals surface area contributed by atoms with Crippen molar-refractivity contribution in [2.24, 2.45) is 23.2 Å². The minimum Gasteiger partial charge on any atom is -0.465 e. The minimum atomic E-state index is 0.0510. The summed E-state index contributed by atoms with van der Waals surface area (Å²) in [6.45, 7) is 9.53. The van der Waals surface area contributed by atoms with Crippen molar-refractivity contribution in [1.29, 1.82) is 0 Å². The summed E-state index contributed by atoms with van der Waals surface area (Å²) in [6.07, 6.45) is 7.96. The molecule has 0 aromatic carbocycles. The third-order valence-electron chi connectivity index (χ3n) is 4.99. The standard InChI is InChI=1S/C17H28O2/c1-12(2)8-9-13(3)15-10-17(15,4)11-19-16(18)14-6-5-7-14/h8,13-15H,5-7,9-11H2,1-4H3/t13-,15-,17-/m0/s1. The van der Waals surface area contributed by atoms with Gasteiger partial charge in [-0.3, -0.25) is 4.79 Å². The van der Waals surface area contributed by atoms with Crippen LogP contribution in [0.25, 0.3) is 0 Å². The summed E-state index contributed by atoms with van der Waals surface area (Å²) >= 11 is 0. The number of carbonyl (C=O) groups is 1. The molecule has 2 saturated carbocycles. The number of esters is 1. The summed E-state index contributed by atoms with van der Waals surface area (Å²) in [5.41, 5.74) is 1.64. The largest absolute Gasteiger partial charge is 0.465 e. The van der Waals surface area contributed by atoms with Gasteiger partial charge in [-0.15, -0.1) is 0 Å². The molecule has 0 bridgehead atoms. The Morgan fingerprint density at radius 1 is 1.42 bits per heavy atom. The van der Waals surface area contributed by atoms with Gasteiger partial charge in [0.1, 0.15) is 0 Å². The van der Waals surface area contributed by atoms with Crippen LogP contribution in [0.15, 0.2) is 11.6 Å². The zero-order chi connectivity index (χ0) is 14.0. The van der Waals surface area contributed by atoms with Crippen molar-refractivity contribution in [2.75, 3.05) is 6.61 Å². The summed E-state index contributed by atoms with van der Waals surface area (Å²) in [5.74, 6) is 1.68. The molecule has 0 radical (unpaired) electrons. The van der Waals surface area contributed by atoms with E-state index in [1.807, 2.05) is 0 Å². The number of ether oxygens (including phenoxy) is 1. The maximum atomic E-state index is 11.8. The van der Waals surface area contributed by atoms with Crippen LogP contribution in [0.5, 0.6) is 0 Å². The molecule has 0 aromatic rings. The highest BCUT2D eigenvalue weighted by molar-refractivity contribution is 5.73. The molecular weight excluding hydrogens is 236 g/mol. The summed E-state index contributed by atoms with van der Waals surface area (Å²) in [5, 5.41) is 0. The van der Waals surface area contributed by atoms with E-state index in [-0.39, 0.29) is 17.3 Å². The van der Waals surface area contributed by atoms with Crippen molar-refractivity contribution in [2.45, 2.75) is 59.8 Å². The number of rotatable bonds is 6. The lowest BCUT2D eigenvalue weighted by atomic mass is 9.85. The van der Waals surface area contributed by atoms with Crippen molar-refractivity contribution in [3.05, 3.63) is 11.6 Å². The van der Waals surface area contributed by atoms with Crippen molar-refractivity contribution >= 4 is 5.97 Å². The highest BCUT2D eigenvalue weighted by Gasteiger charge is 2.53. The average molecular weight is 264 g/mol. The molecule has 0 aromatic heterocycles. The molecule has 0 amide bonds. The second kappa shape index (κ2) is 5.68. The number of allylic oxidation sites excluding steroid dienone is 2. The third kappa shape index (κ3) is 3.61. The average Bonchev–Trinajstić information content (AvgIpc) is 2.94. The van der Waals surface area contributed by atoms with Crippen LogP contribution in [0.2, 0.25) is 0 Å². The van der Waals surface area contributed by atoms with Crippen molar-refractivity contribution in [3.63, 3.8) is 0 Å². The molecule has 2 heteroatoms. The Morgan fingerprint density at radius 3 is 2.63 bits per heavy atom. The van der Waals surface area contributed by atoms with E-state index < -0.39 is 0 Å². The van der Waals surface area contributed by atoms with E-state index in [0.717, 1.165) is 25.2 Å². The molecule has 0 N–H and O–H groups in total. The first-order valence-electron chi connectivity index (χ1n) is 7.72. The summed E-state index contributed by atoms with van der Waals surface area (Å²) < 4.78 is 5.52. The minimum absolute atomic E-state index is 0.0510. The lowest BCUT2D eigenvalue weighted by Crippen LogP contribution is -2.26. The van der Waals surface area contributed by atoms with Crippen LogP contribution in [0.3, 0.4) is 0 Å². The van der Waals surface area contributed by atoms with Crippen molar-refractivity contribution in [1.82, 2.24) is 0 Å². The topological polar surface area (TPSA) is 26.3 Å². The Labute approximate surface area is 117 Å². The fourth-order valence-electron chi connectivity index (χ4n) is 3.08. The molecule has 0 aliphatic heterocycles. The number of carbonyl (C=O) groups excluding carboxylic acids is 1. The fourth-order valence-corrected chi connectivity index (χ4v) is 3.08. The Hall–Kier alpha value is -0.790. The molecule has 2 rings (SSSR count). The van der Waals surface area contributed by atoms with E-state index in [4.69, 9.17) is 4.74 Å². The number of hydrogen-bond acceptors (Lipinski definition) is 2. The zero-order valence-electron chi connectivity index (χ0n) is 12.9. The Kier molecular flexibility index (Phi) is 4.37. The molecule has 2 nitrogen and oxygen atoms in total. The molecule has 2 fully saturated rings. The zero-order valence-corrected chi connectivity index (χ0v) is 12.9. The van der Waals surface area contributed by atoms with Gasteiger partial charge in [0.05, 0.1) is 12.5 Å². The lowest BCUT2D eigenvalue weighted by molar-refractivity contribution is -0.153. The normalized spacial score (nSPS) is 31.3. The fraction of sp³-hybridized carbons (Fsp3) is 0.824. The van der Waals surface area contributed by atoms with Crippen LogP contribution < -0.4 is 0 Å². The Bertz CT molecular complexity index is 363. The molecule has 2 aliphatic carbocycles. The molecule has 0 spiro atoms. The van der Waals surface area contributed by atoms with Gasteiger partial charge < -0.3 is 4.74 Å². The summed E-state index contributed by atoms with van der Waals surface area (Å²) in [4.78, 5) is 11.8. The van der Waals surface area contributed by atoms with Gasteiger partial charge in [0.25, 0.3) is 0 Å². The molecule has 2 aliphatic rings. The van der Waals surface area contributed by atoms with Crippen LogP contribution in [-0.4, -0.2) is 12.6 Å². The predicted molar refractivity (Wildman–Crippen MR) is 77.7 cm³/mol. The van der Waals surface area contributed by atoms with E-state index in [2.05, 4.69) is 33.8 Å². The van der Waals surface area contributed by atoms with Crippen molar-refractivity contribution in [3.8, 4) is 0 Å². The highest BCUT2D eigenvalue weighted by atomic mass is 16.5. The van der Waals surface area contributed by atoms with Crippen molar-refractivity contribution < 1.29 is 9.53 Å². The van der Waals surface area contributed by atoms with E-state index in [1.54, 1.807) is 0 Å². The Balaban J connectivity index is 1.72. The molecule has 3 atom stereocenters. The molecule has 0 saturated heterocycles. The third-order valence-corrected chi connectivity index (χ3v) is 4.99. The first-order valence-corrected chi connectivity index (χ1v) is 7.72. The van der Waals surface area contributed by atoms with Gasteiger partial charge in [0.2, 0.25) is 0 Å². The van der Waals surface area contributed by atoms with Gasteiger partial charge in [-0.2, -0.15) is 0 Å². The maximum absolute atomic E-state index is 11.8. The van der Waals surface area contributed by atoms with Crippen LogP contribution in [0.4, 0.5) is 0 Å². The lowest BCUT2D eigenvalue weighted by Gasteiger charge is -2.24. The van der Waals surface area contributed by atoms with E-state index in [1.165, 1.54) is 18.4 Å². The van der Waals surface area contributed by atoms with Crippen LogP contribution >= 0.6 is 0 Å². The monoisotopic (exact) mass is 264 g/mol. The van der Waals surface area contributed by atoms with Gasteiger partial charge in [0, 0.05) is 5.41 Å². The molecule has 19 heavy (non-hydrogen) atoms. The van der Waals surface area contributed by atoms with Crippen LogP contribution in [0, 0.1) is 23.2 Å². The van der Waals surface area contributed by atoms with Gasteiger partial charge >= 0.3 is 5.97 Å². The molecular formula is C17H28O2. The Morgan fingerprint density at radius 2 is 2.11 bits per heavy atom. The second-order valence-corrected chi connectivity index (χ2v) is 7.19. The smallest absolute Gasteiger partial charge is 0.308 e. The highest BCUT2D eigenvalue weighted by Crippen LogP contribution is 2.57. The molecule has 0 unspecified atom stereocenters.